The molecule has 138 valence electrons. The number of nitrogens with one attached hydrogen (secondary N) is 2. The van der Waals surface area contributed by atoms with Crippen LogP contribution in [0.2, 0.25) is 0 Å². The van der Waals surface area contributed by atoms with E-state index in [-0.39, 0.29) is 17.2 Å². The molecule has 0 aliphatic carbocycles. The first-order valence-electron chi connectivity index (χ1n) is 8.02. The second-order valence-corrected chi connectivity index (χ2v) is 5.82. The summed E-state index contributed by atoms with van der Waals surface area (Å²) in [5.74, 6) is -4.58. The lowest BCUT2D eigenvalue weighted by Gasteiger charge is -2.08. The van der Waals surface area contributed by atoms with E-state index in [1.165, 1.54) is 12.1 Å². The van der Waals surface area contributed by atoms with E-state index in [1.807, 2.05) is 31.2 Å². The number of amides is 1. The number of anilines is 2. The maximum Gasteiger partial charge on any atom is 0.272 e. The van der Waals surface area contributed by atoms with Crippen molar-refractivity contribution in [1.29, 1.82) is 0 Å². The molecule has 3 aromatic rings. The second kappa shape index (κ2) is 7.86. The number of hydrogen-bond acceptors (Lipinski definition) is 4. The Labute approximate surface area is 153 Å². The lowest BCUT2D eigenvalue weighted by Crippen LogP contribution is -2.24. The van der Waals surface area contributed by atoms with E-state index in [0.29, 0.717) is 6.54 Å². The lowest BCUT2D eigenvalue weighted by atomic mass is 10.1. The Morgan fingerprint density at radius 2 is 1.67 bits per heavy atom. The van der Waals surface area contributed by atoms with Crippen molar-refractivity contribution in [3.8, 4) is 0 Å². The van der Waals surface area contributed by atoms with Crippen molar-refractivity contribution >= 4 is 17.4 Å². The van der Waals surface area contributed by atoms with Crippen LogP contribution in [0, 0.1) is 24.4 Å². The highest BCUT2D eigenvalue weighted by Gasteiger charge is 2.14. The van der Waals surface area contributed by atoms with Gasteiger partial charge in [-0.25, -0.2) is 13.2 Å². The lowest BCUT2D eigenvalue weighted by molar-refractivity contribution is 0.0945. The van der Waals surface area contributed by atoms with Gasteiger partial charge in [0.1, 0.15) is 0 Å². The minimum Gasteiger partial charge on any atom is -0.347 e. The summed E-state index contributed by atoms with van der Waals surface area (Å²) in [6.45, 7) is 2.31. The van der Waals surface area contributed by atoms with Crippen molar-refractivity contribution < 1.29 is 18.0 Å². The van der Waals surface area contributed by atoms with Gasteiger partial charge in [-0.05, 0) is 36.8 Å². The first kappa shape index (κ1) is 18.4. The Hall–Kier alpha value is -3.42. The van der Waals surface area contributed by atoms with Crippen molar-refractivity contribution in [2.24, 2.45) is 0 Å². The zero-order chi connectivity index (χ0) is 19.4. The molecule has 0 aliphatic heterocycles. The molecule has 3 rings (SSSR count). The van der Waals surface area contributed by atoms with Crippen LogP contribution in [0.3, 0.4) is 0 Å². The van der Waals surface area contributed by atoms with Gasteiger partial charge in [0, 0.05) is 6.54 Å². The zero-order valence-corrected chi connectivity index (χ0v) is 14.3. The molecule has 1 heterocycles. The molecule has 0 atom stereocenters. The molecule has 2 N–H and O–H groups in total. The number of aromatic nitrogens is 2. The van der Waals surface area contributed by atoms with E-state index in [2.05, 4.69) is 20.8 Å². The Morgan fingerprint density at radius 1 is 0.926 bits per heavy atom. The Balaban J connectivity index is 1.63. The summed E-state index contributed by atoms with van der Waals surface area (Å²) >= 11 is 0. The van der Waals surface area contributed by atoms with Gasteiger partial charge in [0.2, 0.25) is 0 Å². The Kier molecular flexibility index (Phi) is 5.35. The van der Waals surface area contributed by atoms with Gasteiger partial charge in [0.15, 0.2) is 29.0 Å². The van der Waals surface area contributed by atoms with Crippen molar-refractivity contribution in [3.63, 3.8) is 0 Å². The van der Waals surface area contributed by atoms with E-state index in [1.54, 1.807) is 0 Å². The quantitative estimate of drug-likeness (QED) is 0.667. The monoisotopic (exact) mass is 372 g/mol. The number of carbonyl (C=O) groups excluding carboxylic acids is 1. The number of halogens is 3. The van der Waals surface area contributed by atoms with Gasteiger partial charge < -0.3 is 10.6 Å². The van der Waals surface area contributed by atoms with Gasteiger partial charge in [-0.15, -0.1) is 10.2 Å². The van der Waals surface area contributed by atoms with Gasteiger partial charge in [0.05, 0.1) is 5.69 Å². The van der Waals surface area contributed by atoms with Crippen LogP contribution in [0.4, 0.5) is 24.7 Å². The predicted octanol–water partition coefficient (Wildman–Crippen LogP) is 3.88. The number of benzene rings is 2. The molecule has 0 saturated heterocycles. The molecule has 0 spiro atoms. The normalized spacial score (nSPS) is 10.5. The minimum absolute atomic E-state index is 0.0680. The third-order valence-electron chi connectivity index (χ3n) is 3.77. The molecule has 0 aliphatic rings. The van der Waals surface area contributed by atoms with E-state index in [0.717, 1.165) is 23.3 Å². The first-order chi connectivity index (χ1) is 12.9. The first-order valence-corrected chi connectivity index (χ1v) is 8.02. The summed E-state index contributed by atoms with van der Waals surface area (Å²) in [6, 6.07) is 12.3. The van der Waals surface area contributed by atoms with Gasteiger partial charge in [0.25, 0.3) is 5.91 Å². The SMILES string of the molecule is Cc1ccc(CNC(=O)c2ccc(Nc3ccc(F)c(F)c3F)nn2)cc1. The molecule has 0 radical (unpaired) electrons. The van der Waals surface area contributed by atoms with Crippen molar-refractivity contribution in [2.75, 3.05) is 5.32 Å². The molecule has 0 saturated carbocycles. The van der Waals surface area contributed by atoms with Crippen LogP contribution in [0.1, 0.15) is 21.6 Å². The summed E-state index contributed by atoms with van der Waals surface area (Å²) in [4.78, 5) is 12.1. The third kappa shape index (κ3) is 4.41. The van der Waals surface area contributed by atoms with Crippen molar-refractivity contribution in [3.05, 3.63) is 82.8 Å². The van der Waals surface area contributed by atoms with Gasteiger partial charge in [-0.3, -0.25) is 4.79 Å². The highest BCUT2D eigenvalue weighted by molar-refractivity contribution is 5.92. The summed E-state index contributed by atoms with van der Waals surface area (Å²) in [6.07, 6.45) is 0. The molecule has 27 heavy (non-hydrogen) atoms. The maximum absolute atomic E-state index is 13.7. The summed E-state index contributed by atoms with van der Waals surface area (Å²) < 4.78 is 39.8. The largest absolute Gasteiger partial charge is 0.347 e. The molecule has 1 amide bonds. The average Bonchev–Trinajstić information content (AvgIpc) is 2.68. The molecule has 0 fully saturated rings. The fraction of sp³-hybridized carbons (Fsp3) is 0.105. The highest BCUT2D eigenvalue weighted by Crippen LogP contribution is 2.22. The molecule has 0 unspecified atom stereocenters. The fourth-order valence-electron chi connectivity index (χ4n) is 2.26. The van der Waals surface area contributed by atoms with E-state index in [4.69, 9.17) is 0 Å². The van der Waals surface area contributed by atoms with Gasteiger partial charge in [-0.1, -0.05) is 29.8 Å². The third-order valence-corrected chi connectivity index (χ3v) is 3.77. The topological polar surface area (TPSA) is 66.9 Å². The van der Waals surface area contributed by atoms with Crippen LogP contribution < -0.4 is 10.6 Å². The summed E-state index contributed by atoms with van der Waals surface area (Å²) in [7, 11) is 0. The fourth-order valence-corrected chi connectivity index (χ4v) is 2.26. The van der Waals surface area contributed by atoms with Crippen LogP contribution >= 0.6 is 0 Å². The van der Waals surface area contributed by atoms with Gasteiger partial charge in [-0.2, -0.15) is 0 Å². The maximum atomic E-state index is 13.7. The van der Waals surface area contributed by atoms with Crippen LogP contribution in [0.15, 0.2) is 48.5 Å². The molecular formula is C19H15F3N4O. The Bertz CT molecular complexity index is 960. The number of hydrogen-bond donors (Lipinski definition) is 2. The summed E-state index contributed by atoms with van der Waals surface area (Å²) in [5, 5.41) is 12.7. The molecule has 5 nitrogen and oxygen atoms in total. The van der Waals surface area contributed by atoms with Crippen LogP contribution in [-0.4, -0.2) is 16.1 Å². The number of rotatable bonds is 5. The predicted molar refractivity (Wildman–Crippen MR) is 94.0 cm³/mol. The van der Waals surface area contributed by atoms with E-state index < -0.39 is 23.4 Å². The Morgan fingerprint density at radius 3 is 2.33 bits per heavy atom. The smallest absolute Gasteiger partial charge is 0.272 e. The van der Waals surface area contributed by atoms with E-state index >= 15 is 0 Å². The van der Waals surface area contributed by atoms with Crippen molar-refractivity contribution in [2.45, 2.75) is 13.5 Å². The zero-order valence-electron chi connectivity index (χ0n) is 14.3. The van der Waals surface area contributed by atoms with Crippen LogP contribution in [0.25, 0.3) is 0 Å². The number of nitrogens with zero attached hydrogens (tertiary/aromatic N) is 2. The minimum atomic E-state index is -1.58. The molecular weight excluding hydrogens is 357 g/mol. The molecule has 8 heteroatoms. The molecule has 2 aromatic carbocycles. The van der Waals surface area contributed by atoms with E-state index in [9.17, 15) is 18.0 Å². The number of carbonyl (C=O) groups is 1. The summed E-state index contributed by atoms with van der Waals surface area (Å²) in [5.41, 5.74) is 1.84. The number of aryl methyl sites for hydroxylation is 1. The second-order valence-electron chi connectivity index (χ2n) is 5.82. The molecule has 0 bridgehead atoms. The van der Waals surface area contributed by atoms with Crippen LogP contribution in [0.5, 0.6) is 0 Å². The standard InChI is InChI=1S/C19H15F3N4O/c1-11-2-4-12(5-3-11)10-23-19(27)15-8-9-16(26-25-15)24-14-7-6-13(20)17(21)18(14)22/h2-9H,10H2,1H3,(H,23,27)(H,24,26). The van der Waals surface area contributed by atoms with Gasteiger partial charge >= 0.3 is 0 Å². The van der Waals surface area contributed by atoms with Crippen molar-refractivity contribution in [1.82, 2.24) is 15.5 Å². The van der Waals surface area contributed by atoms with Crippen LogP contribution in [-0.2, 0) is 6.54 Å². The highest BCUT2D eigenvalue weighted by atomic mass is 19.2. The average molecular weight is 372 g/mol. The molecule has 1 aromatic heterocycles.